The van der Waals surface area contributed by atoms with Gasteiger partial charge in [0.2, 0.25) is 0 Å². The maximum atomic E-state index is 10.5. The quantitative estimate of drug-likeness (QED) is 0.510. The van der Waals surface area contributed by atoms with E-state index in [-0.39, 0.29) is 28.1 Å². The van der Waals surface area contributed by atoms with Crippen LogP contribution in [0.1, 0.15) is 0 Å². The lowest BCUT2D eigenvalue weighted by Crippen LogP contribution is -1.98. The summed E-state index contributed by atoms with van der Waals surface area (Å²) in [5, 5.41) is 10.7. The molecule has 0 aliphatic rings. The van der Waals surface area contributed by atoms with Crippen molar-refractivity contribution in [1.82, 2.24) is 0 Å². The largest absolute Gasteiger partial charge is 0.486 e. The molecule has 0 spiro atoms. The van der Waals surface area contributed by atoms with Gasteiger partial charge in [-0.3, -0.25) is 10.1 Å². The molecule has 0 aliphatic carbocycles. The predicted octanol–water partition coefficient (Wildman–Crippen LogP) is 2.80. The van der Waals surface area contributed by atoms with E-state index in [1.54, 1.807) is 12.2 Å². The number of hydrogen-bond donors (Lipinski definition) is 1. The number of nitro groups is 1. The summed E-state index contributed by atoms with van der Waals surface area (Å²) >= 11 is 11.7. The number of halogens is 2. The molecular formula is C10H10Cl2N2O3. The minimum atomic E-state index is -0.574. The maximum absolute atomic E-state index is 10.5. The topological polar surface area (TPSA) is 78.4 Å². The second kappa shape index (κ2) is 6.44. The number of rotatable bonds is 5. The molecule has 1 aromatic carbocycles. The van der Waals surface area contributed by atoms with Crippen LogP contribution in [0.3, 0.4) is 0 Å². The Bertz CT molecular complexity index is 426. The third kappa shape index (κ3) is 3.89. The summed E-state index contributed by atoms with van der Waals surface area (Å²) in [5.41, 5.74) is 5.08. The Hall–Kier alpha value is -1.30. The van der Waals surface area contributed by atoms with Gasteiger partial charge in [-0.2, -0.15) is 0 Å². The normalized spacial score (nSPS) is 10.8. The standard InChI is InChI=1S/C10H10Cl2N2O3/c11-8-5-7(14(15)16)6-9(12)10(8)17-4-2-1-3-13/h1-2,5-6H,3-4,13H2. The second-order valence-electron chi connectivity index (χ2n) is 3.01. The first-order valence-corrected chi connectivity index (χ1v) is 5.43. The van der Waals surface area contributed by atoms with Crippen molar-refractivity contribution in [2.45, 2.75) is 0 Å². The van der Waals surface area contributed by atoms with Crippen molar-refractivity contribution in [3.63, 3.8) is 0 Å². The Kier molecular flexibility index (Phi) is 5.21. The van der Waals surface area contributed by atoms with Crippen molar-refractivity contribution in [3.8, 4) is 5.75 Å². The van der Waals surface area contributed by atoms with Crippen LogP contribution in [-0.2, 0) is 0 Å². The zero-order valence-corrected chi connectivity index (χ0v) is 10.2. The summed E-state index contributed by atoms with van der Waals surface area (Å²) < 4.78 is 5.28. The monoisotopic (exact) mass is 276 g/mol. The second-order valence-corrected chi connectivity index (χ2v) is 3.83. The molecule has 17 heavy (non-hydrogen) atoms. The van der Waals surface area contributed by atoms with E-state index >= 15 is 0 Å². The number of non-ortho nitro benzene ring substituents is 1. The highest BCUT2D eigenvalue weighted by molar-refractivity contribution is 6.37. The fourth-order valence-electron chi connectivity index (χ4n) is 1.09. The summed E-state index contributed by atoms with van der Waals surface area (Å²) in [6.45, 7) is 0.652. The van der Waals surface area contributed by atoms with Gasteiger partial charge in [0.05, 0.1) is 15.0 Å². The van der Waals surface area contributed by atoms with E-state index in [2.05, 4.69) is 0 Å². The van der Waals surface area contributed by atoms with E-state index < -0.39 is 4.92 Å². The molecule has 1 aromatic rings. The van der Waals surface area contributed by atoms with Crippen LogP contribution in [0.5, 0.6) is 5.75 Å². The number of hydrogen-bond acceptors (Lipinski definition) is 4. The first-order chi connectivity index (χ1) is 8.06. The molecule has 0 aliphatic heterocycles. The number of ether oxygens (including phenoxy) is 1. The molecule has 0 bridgehead atoms. The minimum absolute atomic E-state index is 0.102. The number of benzene rings is 1. The fraction of sp³-hybridized carbons (Fsp3) is 0.200. The fourth-order valence-corrected chi connectivity index (χ4v) is 1.67. The molecule has 0 unspecified atom stereocenters. The van der Waals surface area contributed by atoms with Crippen molar-refractivity contribution in [3.05, 3.63) is 44.4 Å². The molecule has 0 aromatic heterocycles. The Morgan fingerprint density at radius 3 is 2.41 bits per heavy atom. The molecule has 0 heterocycles. The van der Waals surface area contributed by atoms with E-state index in [1.165, 1.54) is 12.1 Å². The third-order valence-corrected chi connectivity index (χ3v) is 2.38. The Labute approximate surface area is 108 Å². The van der Waals surface area contributed by atoms with Crippen LogP contribution in [0, 0.1) is 10.1 Å². The summed E-state index contributed by atoms with van der Waals surface area (Å²) in [7, 11) is 0. The molecule has 5 nitrogen and oxygen atoms in total. The lowest BCUT2D eigenvalue weighted by Gasteiger charge is -2.07. The lowest BCUT2D eigenvalue weighted by molar-refractivity contribution is -0.384. The highest BCUT2D eigenvalue weighted by Crippen LogP contribution is 2.36. The van der Waals surface area contributed by atoms with Gasteiger partial charge in [-0.15, -0.1) is 0 Å². The summed E-state index contributed by atoms with van der Waals surface area (Å²) in [4.78, 5) is 9.96. The van der Waals surface area contributed by atoms with E-state index in [0.717, 1.165) is 0 Å². The zero-order valence-electron chi connectivity index (χ0n) is 8.73. The molecule has 7 heteroatoms. The van der Waals surface area contributed by atoms with Crippen LogP contribution in [0.4, 0.5) is 5.69 Å². The van der Waals surface area contributed by atoms with Crippen LogP contribution in [0.15, 0.2) is 24.3 Å². The predicted molar refractivity (Wildman–Crippen MR) is 66.8 cm³/mol. The van der Waals surface area contributed by atoms with E-state index in [9.17, 15) is 10.1 Å². The number of nitrogens with zero attached hydrogens (tertiary/aromatic N) is 1. The maximum Gasteiger partial charge on any atom is 0.272 e. The Morgan fingerprint density at radius 2 is 1.94 bits per heavy atom. The van der Waals surface area contributed by atoms with Gasteiger partial charge in [-0.25, -0.2) is 0 Å². The molecule has 0 radical (unpaired) electrons. The minimum Gasteiger partial charge on any atom is -0.486 e. The molecule has 0 saturated carbocycles. The van der Waals surface area contributed by atoms with Gasteiger partial charge >= 0.3 is 0 Å². The lowest BCUT2D eigenvalue weighted by atomic mass is 10.3. The number of nitro benzene ring substituents is 1. The van der Waals surface area contributed by atoms with Crippen molar-refractivity contribution in [2.75, 3.05) is 13.2 Å². The molecule has 1 rings (SSSR count). The van der Waals surface area contributed by atoms with Gasteiger partial charge < -0.3 is 10.5 Å². The van der Waals surface area contributed by atoms with Gasteiger partial charge in [0, 0.05) is 18.7 Å². The zero-order chi connectivity index (χ0) is 12.8. The highest BCUT2D eigenvalue weighted by atomic mass is 35.5. The molecule has 92 valence electrons. The van der Waals surface area contributed by atoms with Crippen LogP contribution < -0.4 is 10.5 Å². The van der Waals surface area contributed by atoms with Gasteiger partial charge in [0.15, 0.2) is 5.75 Å². The average Bonchev–Trinajstić information content (AvgIpc) is 2.26. The molecule has 0 amide bonds. The van der Waals surface area contributed by atoms with Gasteiger partial charge in [-0.05, 0) is 0 Å². The smallest absolute Gasteiger partial charge is 0.272 e. The highest BCUT2D eigenvalue weighted by Gasteiger charge is 2.15. The molecule has 2 N–H and O–H groups in total. The van der Waals surface area contributed by atoms with Crippen LogP contribution in [0.25, 0.3) is 0 Å². The average molecular weight is 277 g/mol. The first kappa shape index (κ1) is 13.8. The molecule has 0 fully saturated rings. The Balaban J connectivity index is 2.86. The summed E-state index contributed by atoms with van der Waals surface area (Å²) in [6, 6.07) is 2.38. The van der Waals surface area contributed by atoms with Crippen molar-refractivity contribution in [2.24, 2.45) is 5.73 Å². The van der Waals surface area contributed by atoms with Crippen LogP contribution in [0.2, 0.25) is 10.0 Å². The Morgan fingerprint density at radius 1 is 1.35 bits per heavy atom. The van der Waals surface area contributed by atoms with Crippen LogP contribution in [-0.4, -0.2) is 18.1 Å². The third-order valence-electron chi connectivity index (χ3n) is 1.82. The van der Waals surface area contributed by atoms with Crippen molar-refractivity contribution in [1.29, 1.82) is 0 Å². The SMILES string of the molecule is NCC=CCOc1c(Cl)cc([N+](=O)[O-])cc1Cl. The molecular weight excluding hydrogens is 267 g/mol. The summed E-state index contributed by atoms with van der Waals surface area (Å²) in [5.74, 6) is 0.223. The van der Waals surface area contributed by atoms with Gasteiger partial charge in [0.25, 0.3) is 5.69 Å². The van der Waals surface area contributed by atoms with Crippen LogP contribution >= 0.6 is 23.2 Å². The molecule has 0 atom stereocenters. The van der Waals surface area contributed by atoms with E-state index in [0.29, 0.717) is 6.54 Å². The first-order valence-electron chi connectivity index (χ1n) is 4.67. The van der Waals surface area contributed by atoms with Crippen molar-refractivity contribution < 1.29 is 9.66 Å². The van der Waals surface area contributed by atoms with Crippen molar-refractivity contribution >= 4 is 28.9 Å². The van der Waals surface area contributed by atoms with Gasteiger partial charge in [0.1, 0.15) is 6.61 Å². The summed E-state index contributed by atoms with van der Waals surface area (Å²) in [6.07, 6.45) is 3.42. The molecule has 0 saturated heterocycles. The van der Waals surface area contributed by atoms with E-state index in [1.807, 2.05) is 0 Å². The van der Waals surface area contributed by atoms with Gasteiger partial charge in [-0.1, -0.05) is 35.4 Å². The number of nitrogens with two attached hydrogens (primary N) is 1. The van der Waals surface area contributed by atoms with E-state index in [4.69, 9.17) is 33.7 Å².